The topological polar surface area (TPSA) is 86.8 Å². The molecule has 214 valence electrons. The van der Waals surface area contributed by atoms with Crippen LogP contribution in [0.4, 0.5) is 5.69 Å². The van der Waals surface area contributed by atoms with Gasteiger partial charge in [-0.1, -0.05) is 79.7 Å². The highest BCUT2D eigenvalue weighted by molar-refractivity contribution is 7.92. The number of benzene rings is 2. The van der Waals surface area contributed by atoms with Gasteiger partial charge in [0, 0.05) is 30.6 Å². The van der Waals surface area contributed by atoms with Crippen molar-refractivity contribution in [2.45, 2.75) is 76.8 Å². The molecule has 1 saturated carbocycles. The van der Waals surface area contributed by atoms with Crippen molar-refractivity contribution in [2.75, 3.05) is 23.7 Å². The maximum absolute atomic E-state index is 13.6. The van der Waals surface area contributed by atoms with E-state index in [0.29, 0.717) is 24.4 Å². The predicted octanol–water partition coefficient (Wildman–Crippen LogP) is 5.84. The number of halogens is 2. The molecule has 1 aliphatic rings. The molecule has 0 radical (unpaired) electrons. The van der Waals surface area contributed by atoms with E-state index in [9.17, 15) is 18.0 Å². The Labute approximate surface area is 242 Å². The van der Waals surface area contributed by atoms with Gasteiger partial charge in [-0.05, 0) is 55.9 Å². The third kappa shape index (κ3) is 9.40. The Hall–Kier alpha value is -2.29. The molecule has 10 heteroatoms. The van der Waals surface area contributed by atoms with Crippen molar-refractivity contribution in [3.63, 3.8) is 0 Å². The standard InChI is InChI=1S/C29H39Cl2N3O4S/c1-3-26(29(36)32-24-13-8-5-9-14-24)33(20-18-22-11-6-4-7-12-22)28(35)15-10-19-34(39(2,37)38)27-21-23(30)16-17-25(27)31/h4,6-7,11-12,16-17,21,24,26H,3,5,8-10,13-15,18-20H2,1-2H3,(H,32,36)/t26-/m0/s1. The van der Waals surface area contributed by atoms with Gasteiger partial charge in [-0.25, -0.2) is 8.42 Å². The van der Waals surface area contributed by atoms with Crippen LogP contribution in [0.25, 0.3) is 0 Å². The Morgan fingerprint density at radius 2 is 1.72 bits per heavy atom. The van der Waals surface area contributed by atoms with E-state index in [1.165, 1.54) is 16.8 Å². The summed E-state index contributed by atoms with van der Waals surface area (Å²) in [6.07, 6.45) is 7.89. The van der Waals surface area contributed by atoms with Crippen LogP contribution in [0.1, 0.15) is 63.9 Å². The zero-order chi connectivity index (χ0) is 28.4. The molecule has 1 fully saturated rings. The van der Waals surface area contributed by atoms with Crippen LogP contribution in [0, 0.1) is 0 Å². The molecule has 2 aromatic carbocycles. The first-order valence-corrected chi connectivity index (χ1v) is 16.3. The lowest BCUT2D eigenvalue weighted by Gasteiger charge is -2.33. The number of anilines is 1. The van der Waals surface area contributed by atoms with Gasteiger partial charge in [0.1, 0.15) is 6.04 Å². The Morgan fingerprint density at radius 1 is 1.03 bits per heavy atom. The van der Waals surface area contributed by atoms with E-state index in [1.807, 2.05) is 37.3 Å². The van der Waals surface area contributed by atoms with Crippen LogP contribution in [0.3, 0.4) is 0 Å². The summed E-state index contributed by atoms with van der Waals surface area (Å²) in [6.45, 7) is 2.37. The lowest BCUT2D eigenvalue weighted by Crippen LogP contribution is -2.52. The summed E-state index contributed by atoms with van der Waals surface area (Å²) in [7, 11) is -3.67. The number of amides is 2. The van der Waals surface area contributed by atoms with Gasteiger partial charge in [-0.2, -0.15) is 0 Å². The summed E-state index contributed by atoms with van der Waals surface area (Å²) in [5.41, 5.74) is 1.36. The van der Waals surface area contributed by atoms with Gasteiger partial charge in [0.25, 0.3) is 0 Å². The molecular weight excluding hydrogens is 557 g/mol. The smallest absolute Gasteiger partial charge is 0.243 e. The predicted molar refractivity (Wildman–Crippen MR) is 159 cm³/mol. The van der Waals surface area contributed by atoms with Crippen molar-refractivity contribution in [1.29, 1.82) is 0 Å². The molecular formula is C29H39Cl2N3O4S. The second-order valence-corrected chi connectivity index (χ2v) is 12.9. The average Bonchev–Trinajstić information content (AvgIpc) is 2.91. The Bertz CT molecular complexity index is 1200. The summed E-state index contributed by atoms with van der Waals surface area (Å²) in [5, 5.41) is 3.80. The largest absolute Gasteiger partial charge is 0.352 e. The van der Waals surface area contributed by atoms with Crippen LogP contribution in [-0.4, -0.2) is 56.6 Å². The molecule has 39 heavy (non-hydrogen) atoms. The van der Waals surface area contributed by atoms with E-state index in [1.54, 1.807) is 17.0 Å². The lowest BCUT2D eigenvalue weighted by molar-refractivity contribution is -0.141. The van der Waals surface area contributed by atoms with Crippen molar-refractivity contribution >= 4 is 50.7 Å². The number of carbonyl (C=O) groups is 2. The van der Waals surface area contributed by atoms with Crippen molar-refractivity contribution in [2.24, 2.45) is 0 Å². The fourth-order valence-electron chi connectivity index (χ4n) is 5.10. The van der Waals surface area contributed by atoms with Gasteiger partial charge < -0.3 is 10.2 Å². The molecule has 0 unspecified atom stereocenters. The molecule has 0 spiro atoms. The SMILES string of the molecule is CC[C@@H](C(=O)NC1CCCCC1)N(CCc1ccccc1)C(=O)CCCN(c1cc(Cl)ccc1Cl)S(C)(=O)=O. The zero-order valence-electron chi connectivity index (χ0n) is 22.7. The van der Waals surface area contributed by atoms with Gasteiger partial charge in [0.15, 0.2) is 0 Å². The van der Waals surface area contributed by atoms with E-state index in [4.69, 9.17) is 23.2 Å². The van der Waals surface area contributed by atoms with Crippen LogP contribution in [0.2, 0.25) is 10.0 Å². The molecule has 0 saturated heterocycles. The average molecular weight is 597 g/mol. The summed E-state index contributed by atoms with van der Waals surface area (Å²) in [6, 6.07) is 14.1. The van der Waals surface area contributed by atoms with Crippen LogP contribution in [0.15, 0.2) is 48.5 Å². The number of nitrogens with one attached hydrogen (secondary N) is 1. The summed E-state index contributed by atoms with van der Waals surface area (Å²) in [4.78, 5) is 28.6. The minimum atomic E-state index is -3.67. The van der Waals surface area contributed by atoms with Crippen molar-refractivity contribution in [3.8, 4) is 0 Å². The number of rotatable bonds is 13. The highest BCUT2D eigenvalue weighted by atomic mass is 35.5. The van der Waals surface area contributed by atoms with Crippen molar-refractivity contribution < 1.29 is 18.0 Å². The van der Waals surface area contributed by atoms with Crippen molar-refractivity contribution in [3.05, 3.63) is 64.1 Å². The molecule has 0 aliphatic heterocycles. The van der Waals surface area contributed by atoms with Gasteiger partial charge in [-0.15, -0.1) is 0 Å². The number of carbonyl (C=O) groups excluding carboxylic acids is 2. The Morgan fingerprint density at radius 3 is 2.36 bits per heavy atom. The number of hydrogen-bond acceptors (Lipinski definition) is 4. The van der Waals surface area contributed by atoms with Crippen LogP contribution in [-0.2, 0) is 26.0 Å². The van der Waals surface area contributed by atoms with Crippen LogP contribution < -0.4 is 9.62 Å². The highest BCUT2D eigenvalue weighted by Gasteiger charge is 2.30. The molecule has 1 aliphatic carbocycles. The first-order valence-electron chi connectivity index (χ1n) is 13.7. The molecule has 7 nitrogen and oxygen atoms in total. The molecule has 2 amide bonds. The van der Waals surface area contributed by atoms with Gasteiger partial charge in [0.2, 0.25) is 21.8 Å². The van der Waals surface area contributed by atoms with Crippen LogP contribution in [0.5, 0.6) is 0 Å². The maximum atomic E-state index is 13.6. The molecule has 1 N–H and O–H groups in total. The number of nitrogens with zero attached hydrogens (tertiary/aromatic N) is 2. The molecule has 2 aromatic rings. The van der Waals surface area contributed by atoms with E-state index >= 15 is 0 Å². The normalized spacial score (nSPS) is 15.0. The zero-order valence-corrected chi connectivity index (χ0v) is 25.1. The number of hydrogen-bond donors (Lipinski definition) is 1. The Balaban J connectivity index is 1.73. The molecule has 0 aromatic heterocycles. The second kappa shape index (κ2) is 14.9. The third-order valence-corrected chi connectivity index (χ3v) is 8.89. The van der Waals surface area contributed by atoms with Gasteiger partial charge in [0.05, 0.1) is 17.0 Å². The van der Waals surface area contributed by atoms with Crippen molar-refractivity contribution in [1.82, 2.24) is 10.2 Å². The molecule has 3 rings (SSSR count). The second-order valence-electron chi connectivity index (χ2n) is 10.1. The molecule has 1 atom stereocenters. The quantitative estimate of drug-likeness (QED) is 0.315. The molecule has 0 bridgehead atoms. The monoisotopic (exact) mass is 595 g/mol. The number of sulfonamides is 1. The first kappa shape index (κ1) is 31.2. The first-order chi connectivity index (χ1) is 18.6. The van der Waals surface area contributed by atoms with Gasteiger partial charge in [-0.3, -0.25) is 13.9 Å². The van der Waals surface area contributed by atoms with E-state index in [2.05, 4.69) is 5.32 Å². The summed E-state index contributed by atoms with van der Waals surface area (Å²) < 4.78 is 26.3. The molecule has 0 heterocycles. The third-order valence-electron chi connectivity index (χ3n) is 7.15. The minimum Gasteiger partial charge on any atom is -0.352 e. The maximum Gasteiger partial charge on any atom is 0.243 e. The summed E-state index contributed by atoms with van der Waals surface area (Å²) >= 11 is 12.4. The van der Waals surface area contributed by atoms with E-state index in [-0.39, 0.29) is 48.0 Å². The Kier molecular flexibility index (Phi) is 11.9. The summed E-state index contributed by atoms with van der Waals surface area (Å²) in [5.74, 6) is -0.295. The highest BCUT2D eigenvalue weighted by Crippen LogP contribution is 2.31. The fraction of sp³-hybridized carbons (Fsp3) is 0.517. The fourth-order valence-corrected chi connectivity index (χ4v) is 6.50. The van der Waals surface area contributed by atoms with Crippen LogP contribution >= 0.6 is 23.2 Å². The van der Waals surface area contributed by atoms with E-state index in [0.717, 1.165) is 37.5 Å². The van der Waals surface area contributed by atoms with Gasteiger partial charge >= 0.3 is 0 Å². The van der Waals surface area contributed by atoms with E-state index < -0.39 is 16.1 Å². The lowest BCUT2D eigenvalue weighted by atomic mass is 9.95. The minimum absolute atomic E-state index is 0.0578.